The number of aliphatic hydroxyl groups is 1. The number of rotatable bonds is 2. The van der Waals surface area contributed by atoms with Crippen molar-refractivity contribution in [2.24, 2.45) is 11.3 Å². The fraction of sp³-hybridized carbons (Fsp3) is 0.818. The summed E-state index contributed by atoms with van der Waals surface area (Å²) in [7, 11) is 0. The zero-order chi connectivity index (χ0) is 9.94. The van der Waals surface area contributed by atoms with Crippen LogP contribution in [0.15, 0.2) is 11.6 Å². The van der Waals surface area contributed by atoms with Gasteiger partial charge in [0.25, 0.3) is 0 Å². The molecule has 0 radical (unpaired) electrons. The summed E-state index contributed by atoms with van der Waals surface area (Å²) in [6, 6.07) is 0. The molecule has 0 aromatic carbocycles. The number of aliphatic hydroxyl groups excluding tert-OH is 1. The summed E-state index contributed by atoms with van der Waals surface area (Å²) in [5, 5.41) is 9.69. The lowest BCUT2D eigenvalue weighted by molar-refractivity contribution is 0.159. The van der Waals surface area contributed by atoms with Gasteiger partial charge in [0.15, 0.2) is 0 Å². The largest absolute Gasteiger partial charge is 0.389 e. The zero-order valence-electron chi connectivity index (χ0n) is 9.18. The van der Waals surface area contributed by atoms with Crippen molar-refractivity contribution in [3.63, 3.8) is 0 Å². The average molecular weight is 170 g/mol. The van der Waals surface area contributed by atoms with Crippen molar-refractivity contribution in [1.29, 1.82) is 0 Å². The molecule has 0 spiro atoms. The first-order valence-corrected chi connectivity index (χ1v) is 4.61. The average Bonchev–Trinajstić information content (AvgIpc) is 1.82. The lowest BCUT2D eigenvalue weighted by Gasteiger charge is -2.20. The van der Waals surface area contributed by atoms with E-state index in [1.807, 2.05) is 20.8 Å². The Labute approximate surface area is 76.5 Å². The van der Waals surface area contributed by atoms with Gasteiger partial charge in [-0.1, -0.05) is 40.7 Å². The first-order valence-electron chi connectivity index (χ1n) is 4.61. The van der Waals surface area contributed by atoms with Gasteiger partial charge in [-0.25, -0.2) is 0 Å². The minimum absolute atomic E-state index is 0.167. The van der Waals surface area contributed by atoms with E-state index >= 15 is 0 Å². The van der Waals surface area contributed by atoms with Crippen molar-refractivity contribution in [3.8, 4) is 0 Å². The summed E-state index contributed by atoms with van der Waals surface area (Å²) < 4.78 is 0. The van der Waals surface area contributed by atoms with E-state index in [9.17, 15) is 5.11 Å². The minimum atomic E-state index is -0.288. The maximum absolute atomic E-state index is 9.69. The molecule has 1 heteroatoms. The van der Waals surface area contributed by atoms with E-state index in [4.69, 9.17) is 0 Å². The number of hydrogen-bond donors (Lipinski definition) is 1. The van der Waals surface area contributed by atoms with E-state index in [0.717, 1.165) is 5.57 Å². The van der Waals surface area contributed by atoms with Crippen LogP contribution in [0.5, 0.6) is 0 Å². The van der Waals surface area contributed by atoms with Crippen LogP contribution in [0, 0.1) is 11.3 Å². The van der Waals surface area contributed by atoms with E-state index < -0.39 is 0 Å². The molecule has 0 aliphatic rings. The Morgan fingerprint density at radius 2 is 1.67 bits per heavy atom. The van der Waals surface area contributed by atoms with Crippen molar-refractivity contribution >= 4 is 0 Å². The van der Waals surface area contributed by atoms with E-state index in [1.165, 1.54) is 0 Å². The molecule has 0 aliphatic heterocycles. The van der Waals surface area contributed by atoms with Crippen molar-refractivity contribution in [3.05, 3.63) is 11.6 Å². The second-order valence-electron chi connectivity index (χ2n) is 4.94. The second kappa shape index (κ2) is 4.08. The Balaban J connectivity index is 4.38. The quantitative estimate of drug-likeness (QED) is 0.632. The summed E-state index contributed by atoms with van der Waals surface area (Å²) in [5.74, 6) is 0.309. The van der Waals surface area contributed by atoms with Crippen LogP contribution in [0.2, 0.25) is 0 Å². The van der Waals surface area contributed by atoms with Gasteiger partial charge in [0.2, 0.25) is 0 Å². The Bertz CT molecular complexity index is 160. The van der Waals surface area contributed by atoms with Gasteiger partial charge in [-0.05, 0) is 23.8 Å². The summed E-state index contributed by atoms with van der Waals surface area (Å²) in [5.41, 5.74) is 1.25. The Hall–Kier alpha value is -0.300. The molecule has 0 heterocycles. The Kier molecular flexibility index (Phi) is 3.98. The molecule has 0 rings (SSSR count). The lowest BCUT2D eigenvalue weighted by atomic mass is 9.90. The van der Waals surface area contributed by atoms with Gasteiger partial charge in [-0.2, -0.15) is 0 Å². The minimum Gasteiger partial charge on any atom is -0.389 e. The van der Waals surface area contributed by atoms with Crippen LogP contribution >= 0.6 is 0 Å². The highest BCUT2D eigenvalue weighted by molar-refractivity contribution is 5.09. The van der Waals surface area contributed by atoms with Gasteiger partial charge < -0.3 is 5.11 Å². The molecule has 1 atom stereocenters. The smallest absolute Gasteiger partial charge is 0.0770 e. The maximum Gasteiger partial charge on any atom is 0.0770 e. The number of allylic oxidation sites excluding steroid dienone is 1. The summed E-state index contributed by atoms with van der Waals surface area (Å²) in [6.45, 7) is 12.5. The van der Waals surface area contributed by atoms with Crippen LogP contribution in [-0.4, -0.2) is 11.2 Å². The summed E-state index contributed by atoms with van der Waals surface area (Å²) in [4.78, 5) is 0. The molecule has 12 heavy (non-hydrogen) atoms. The van der Waals surface area contributed by atoms with Crippen LogP contribution in [-0.2, 0) is 0 Å². The van der Waals surface area contributed by atoms with E-state index in [0.29, 0.717) is 5.92 Å². The molecule has 1 N–H and O–H groups in total. The van der Waals surface area contributed by atoms with E-state index in [1.54, 1.807) is 0 Å². The maximum atomic E-state index is 9.69. The van der Waals surface area contributed by atoms with Crippen molar-refractivity contribution in [2.45, 2.75) is 47.6 Å². The van der Waals surface area contributed by atoms with Gasteiger partial charge in [-0.3, -0.25) is 0 Å². The Morgan fingerprint density at radius 1 is 1.25 bits per heavy atom. The standard InChI is InChI=1S/C11H22O/c1-8(2)10(12)9(3)7-11(4,5)6/h7-8,10,12H,1-6H3/b9-7+/t10-/m1/s1. The van der Waals surface area contributed by atoms with Crippen molar-refractivity contribution < 1.29 is 5.11 Å². The third-order valence-electron chi connectivity index (χ3n) is 1.76. The van der Waals surface area contributed by atoms with Gasteiger partial charge in [0.05, 0.1) is 6.10 Å². The van der Waals surface area contributed by atoms with Gasteiger partial charge in [0.1, 0.15) is 0 Å². The molecule has 0 amide bonds. The predicted molar refractivity (Wildman–Crippen MR) is 54.1 cm³/mol. The first kappa shape index (κ1) is 11.7. The predicted octanol–water partition coefficient (Wildman–Crippen LogP) is 3.00. The number of hydrogen-bond acceptors (Lipinski definition) is 1. The van der Waals surface area contributed by atoms with Crippen LogP contribution in [0.4, 0.5) is 0 Å². The SMILES string of the molecule is C/C(=C\C(C)(C)C)[C@H](O)C(C)C. The molecule has 0 aromatic heterocycles. The molecule has 0 fully saturated rings. The van der Waals surface area contributed by atoms with Gasteiger partial charge >= 0.3 is 0 Å². The molecule has 0 aliphatic carbocycles. The second-order valence-corrected chi connectivity index (χ2v) is 4.94. The Morgan fingerprint density at radius 3 is 1.92 bits per heavy atom. The van der Waals surface area contributed by atoms with Crippen LogP contribution in [0.1, 0.15) is 41.5 Å². The van der Waals surface area contributed by atoms with Crippen LogP contribution < -0.4 is 0 Å². The molecular weight excluding hydrogens is 148 g/mol. The molecule has 0 saturated carbocycles. The first-order chi connectivity index (χ1) is 5.24. The third-order valence-corrected chi connectivity index (χ3v) is 1.76. The molecule has 1 nitrogen and oxygen atoms in total. The highest BCUT2D eigenvalue weighted by Gasteiger charge is 2.14. The van der Waals surface area contributed by atoms with E-state index in [-0.39, 0.29) is 11.5 Å². The van der Waals surface area contributed by atoms with Crippen LogP contribution in [0.3, 0.4) is 0 Å². The molecule has 72 valence electrons. The van der Waals surface area contributed by atoms with Crippen molar-refractivity contribution in [2.75, 3.05) is 0 Å². The van der Waals surface area contributed by atoms with Gasteiger partial charge in [-0.15, -0.1) is 0 Å². The van der Waals surface area contributed by atoms with Crippen LogP contribution in [0.25, 0.3) is 0 Å². The van der Waals surface area contributed by atoms with E-state index in [2.05, 4.69) is 26.8 Å². The molecule has 0 bridgehead atoms. The third kappa shape index (κ3) is 4.55. The molecular formula is C11H22O. The monoisotopic (exact) mass is 170 g/mol. The lowest BCUT2D eigenvalue weighted by Crippen LogP contribution is -2.17. The highest BCUT2D eigenvalue weighted by atomic mass is 16.3. The molecule has 0 aromatic rings. The fourth-order valence-electron chi connectivity index (χ4n) is 1.29. The summed E-state index contributed by atoms with van der Waals surface area (Å²) >= 11 is 0. The summed E-state index contributed by atoms with van der Waals surface area (Å²) in [6.07, 6.45) is 1.85. The molecule has 0 saturated heterocycles. The normalized spacial score (nSPS) is 16.8. The van der Waals surface area contributed by atoms with Crippen molar-refractivity contribution in [1.82, 2.24) is 0 Å². The fourth-order valence-corrected chi connectivity index (χ4v) is 1.29. The molecule has 0 unspecified atom stereocenters. The topological polar surface area (TPSA) is 20.2 Å². The highest BCUT2D eigenvalue weighted by Crippen LogP contribution is 2.21. The van der Waals surface area contributed by atoms with Gasteiger partial charge in [0, 0.05) is 0 Å². The zero-order valence-corrected chi connectivity index (χ0v) is 9.18.